The van der Waals surface area contributed by atoms with E-state index in [4.69, 9.17) is 56.8 Å². The highest BCUT2D eigenvalue weighted by atomic mass is 16.6. The quantitative estimate of drug-likeness (QED) is 0.0620. The van der Waals surface area contributed by atoms with Crippen LogP contribution in [0.15, 0.2) is 24.3 Å². The average Bonchev–Trinajstić information content (AvgIpc) is 3.13. The van der Waals surface area contributed by atoms with Gasteiger partial charge in [-0.2, -0.15) is 0 Å². The van der Waals surface area contributed by atoms with E-state index in [0.717, 1.165) is 12.2 Å². The minimum absolute atomic E-state index is 0.0826. The summed E-state index contributed by atoms with van der Waals surface area (Å²) in [6, 6.07) is 8.42. The van der Waals surface area contributed by atoms with Crippen LogP contribution in [0.1, 0.15) is 71.8 Å². The van der Waals surface area contributed by atoms with Gasteiger partial charge in [0.1, 0.15) is 24.6 Å². The Bertz CT molecular complexity index is 911. The molecule has 0 heterocycles. The number of benzene rings is 1. The molecule has 1 aromatic carbocycles. The van der Waals surface area contributed by atoms with Crippen LogP contribution in [0.5, 0.6) is 5.75 Å². The predicted octanol–water partition coefficient (Wildman–Crippen LogP) is 5.48. The standard InChI is InChI=1S/C40H72O13/c1-5-6-7-8-9-10-11-37-12-14-38(15-13-37)52-35-34-50-31-30-48-27-26-46-23-22-44-19-18-42-16-17-43-20-21-45-24-25-47-28-29-49-32-33-51-36-39(41)53-40(2,3)4/h12-15H,5-11,16-36H2,1-4H3. The molecule has 0 atom stereocenters. The number of unbranched alkanes of at least 4 members (excludes halogenated alkanes) is 5. The summed E-state index contributed by atoms with van der Waals surface area (Å²) in [4.78, 5) is 11.5. The van der Waals surface area contributed by atoms with Gasteiger partial charge in [-0.3, -0.25) is 0 Å². The van der Waals surface area contributed by atoms with Crippen molar-refractivity contribution in [3.63, 3.8) is 0 Å². The lowest BCUT2D eigenvalue weighted by Gasteiger charge is -2.19. The maximum Gasteiger partial charge on any atom is 0.332 e. The Hall–Kier alpha value is -1.91. The summed E-state index contributed by atoms with van der Waals surface area (Å²) in [5.74, 6) is 0.496. The largest absolute Gasteiger partial charge is 0.491 e. The van der Waals surface area contributed by atoms with Crippen molar-refractivity contribution >= 4 is 5.97 Å². The molecule has 0 aliphatic rings. The molecule has 0 amide bonds. The molecule has 0 fully saturated rings. The molecule has 0 saturated heterocycles. The van der Waals surface area contributed by atoms with Crippen LogP contribution in [0.4, 0.5) is 0 Å². The lowest BCUT2D eigenvalue weighted by Crippen LogP contribution is -2.27. The van der Waals surface area contributed by atoms with Gasteiger partial charge in [-0.1, -0.05) is 51.2 Å². The van der Waals surface area contributed by atoms with Crippen LogP contribution in [0.2, 0.25) is 0 Å². The molecule has 310 valence electrons. The smallest absolute Gasteiger partial charge is 0.332 e. The maximum absolute atomic E-state index is 11.5. The minimum Gasteiger partial charge on any atom is -0.491 e. The topological polar surface area (TPSA) is 128 Å². The number of aryl methyl sites for hydroxylation is 1. The summed E-state index contributed by atoms with van der Waals surface area (Å²) in [5.41, 5.74) is 0.863. The van der Waals surface area contributed by atoms with Crippen LogP contribution in [-0.4, -0.2) is 150 Å². The van der Waals surface area contributed by atoms with Gasteiger partial charge in [0.05, 0.1) is 126 Å². The van der Waals surface area contributed by atoms with Crippen molar-refractivity contribution in [2.75, 3.05) is 139 Å². The molecule has 1 aromatic rings. The van der Waals surface area contributed by atoms with Gasteiger partial charge in [0.25, 0.3) is 0 Å². The number of carbonyl (C=O) groups is 1. The van der Waals surface area contributed by atoms with Gasteiger partial charge in [-0.15, -0.1) is 0 Å². The lowest BCUT2D eigenvalue weighted by molar-refractivity contribution is -0.160. The van der Waals surface area contributed by atoms with Gasteiger partial charge >= 0.3 is 5.97 Å². The minimum atomic E-state index is -0.511. The second kappa shape index (κ2) is 37.0. The van der Waals surface area contributed by atoms with E-state index in [1.807, 2.05) is 32.9 Å². The normalized spacial score (nSPS) is 11.7. The fourth-order valence-corrected chi connectivity index (χ4v) is 4.59. The van der Waals surface area contributed by atoms with Crippen molar-refractivity contribution < 1.29 is 61.6 Å². The van der Waals surface area contributed by atoms with E-state index in [1.54, 1.807) is 0 Å². The van der Waals surface area contributed by atoms with Gasteiger partial charge < -0.3 is 56.8 Å². The molecule has 0 radical (unpaired) electrons. The Morgan fingerprint density at radius 1 is 0.453 bits per heavy atom. The van der Waals surface area contributed by atoms with Crippen molar-refractivity contribution in [3.8, 4) is 5.75 Å². The number of esters is 1. The highest BCUT2D eigenvalue weighted by Gasteiger charge is 2.15. The van der Waals surface area contributed by atoms with Gasteiger partial charge in [-0.05, 0) is 51.3 Å². The zero-order chi connectivity index (χ0) is 38.3. The van der Waals surface area contributed by atoms with E-state index in [0.29, 0.717) is 132 Å². The van der Waals surface area contributed by atoms with Crippen LogP contribution >= 0.6 is 0 Å². The Morgan fingerprint density at radius 2 is 0.792 bits per heavy atom. The molecule has 13 nitrogen and oxygen atoms in total. The van der Waals surface area contributed by atoms with Crippen molar-refractivity contribution in [1.29, 1.82) is 0 Å². The summed E-state index contributed by atoms with van der Waals surface area (Å²) in [5, 5.41) is 0. The van der Waals surface area contributed by atoms with Crippen LogP contribution in [0.25, 0.3) is 0 Å². The van der Waals surface area contributed by atoms with Crippen molar-refractivity contribution in [2.45, 2.75) is 78.2 Å². The summed E-state index contributed by atoms with van der Waals surface area (Å²) in [7, 11) is 0. The summed E-state index contributed by atoms with van der Waals surface area (Å²) >= 11 is 0. The molecule has 0 aromatic heterocycles. The van der Waals surface area contributed by atoms with Crippen LogP contribution in [0.3, 0.4) is 0 Å². The predicted molar refractivity (Wildman–Crippen MR) is 203 cm³/mol. The molecule has 0 N–H and O–H groups in total. The molecule has 0 spiro atoms. The molecule has 0 bridgehead atoms. The molecule has 0 unspecified atom stereocenters. The molecule has 13 heteroatoms. The number of ether oxygens (including phenoxy) is 12. The van der Waals surface area contributed by atoms with E-state index in [-0.39, 0.29) is 12.6 Å². The van der Waals surface area contributed by atoms with Gasteiger partial charge in [0.2, 0.25) is 0 Å². The summed E-state index contributed by atoms with van der Waals surface area (Å²) in [6.07, 6.45) is 9.07. The Labute approximate surface area is 319 Å². The highest BCUT2D eigenvalue weighted by Crippen LogP contribution is 2.15. The third kappa shape index (κ3) is 36.8. The Morgan fingerprint density at radius 3 is 1.17 bits per heavy atom. The number of hydrogen-bond acceptors (Lipinski definition) is 13. The van der Waals surface area contributed by atoms with E-state index in [2.05, 4.69) is 19.1 Å². The van der Waals surface area contributed by atoms with Gasteiger partial charge in [0.15, 0.2) is 0 Å². The molecular weight excluding hydrogens is 688 g/mol. The molecule has 0 saturated carbocycles. The number of hydrogen-bond donors (Lipinski definition) is 0. The van der Waals surface area contributed by atoms with Crippen LogP contribution in [-0.2, 0) is 63.3 Å². The third-order valence-electron chi connectivity index (χ3n) is 7.23. The van der Waals surface area contributed by atoms with Crippen LogP contribution < -0.4 is 4.74 Å². The molecule has 0 aliphatic heterocycles. The number of carbonyl (C=O) groups excluding carboxylic acids is 1. The Balaban J connectivity index is 1.69. The van der Waals surface area contributed by atoms with Crippen LogP contribution in [0, 0.1) is 0 Å². The van der Waals surface area contributed by atoms with Crippen molar-refractivity contribution in [2.24, 2.45) is 0 Å². The SMILES string of the molecule is CCCCCCCCc1ccc(OCCOCCOCCOCCOCCOCCOCCOCCOCCOCCOCC(=O)OC(C)(C)C)cc1. The van der Waals surface area contributed by atoms with E-state index in [9.17, 15) is 4.79 Å². The van der Waals surface area contributed by atoms with Crippen molar-refractivity contribution in [3.05, 3.63) is 29.8 Å². The molecular formula is C40H72O13. The van der Waals surface area contributed by atoms with E-state index < -0.39 is 5.60 Å². The fraction of sp³-hybridized carbons (Fsp3) is 0.825. The molecule has 53 heavy (non-hydrogen) atoms. The monoisotopic (exact) mass is 760 g/mol. The zero-order valence-electron chi connectivity index (χ0n) is 33.4. The maximum atomic E-state index is 11.5. The molecule has 0 aliphatic carbocycles. The van der Waals surface area contributed by atoms with Gasteiger partial charge in [-0.25, -0.2) is 4.79 Å². The fourth-order valence-electron chi connectivity index (χ4n) is 4.59. The van der Waals surface area contributed by atoms with E-state index >= 15 is 0 Å². The van der Waals surface area contributed by atoms with Gasteiger partial charge in [0, 0.05) is 0 Å². The van der Waals surface area contributed by atoms with E-state index in [1.165, 1.54) is 44.1 Å². The highest BCUT2D eigenvalue weighted by molar-refractivity contribution is 5.71. The second-order valence-corrected chi connectivity index (χ2v) is 13.2. The number of rotatable bonds is 40. The third-order valence-corrected chi connectivity index (χ3v) is 7.23. The zero-order valence-corrected chi connectivity index (χ0v) is 33.4. The first-order valence-electron chi connectivity index (χ1n) is 19.6. The first kappa shape index (κ1) is 49.1. The average molecular weight is 761 g/mol. The molecule has 1 rings (SSSR count). The Kier molecular flexibility index (Phi) is 34.3. The lowest BCUT2D eigenvalue weighted by atomic mass is 10.0. The summed E-state index contributed by atoms with van der Waals surface area (Å²) in [6.45, 7) is 17.3. The first-order chi connectivity index (χ1) is 25.9. The second-order valence-electron chi connectivity index (χ2n) is 13.2. The first-order valence-corrected chi connectivity index (χ1v) is 19.6. The summed E-state index contributed by atoms with van der Waals surface area (Å²) < 4.78 is 65.6. The van der Waals surface area contributed by atoms with Crippen molar-refractivity contribution in [1.82, 2.24) is 0 Å².